The normalized spacial score (nSPS) is 22.3. The molecule has 3 rings (SSSR count). The molecule has 0 spiro atoms. The molecule has 1 heterocycles. The van der Waals surface area contributed by atoms with E-state index in [1.165, 1.54) is 12.1 Å². The Bertz CT molecular complexity index is 958. The first-order valence-corrected chi connectivity index (χ1v) is 11.6. The number of hydrogen-bond acceptors (Lipinski definition) is 5. The largest absolute Gasteiger partial charge is 0.311 e. The van der Waals surface area contributed by atoms with Gasteiger partial charge in [0.25, 0.3) is 0 Å². The van der Waals surface area contributed by atoms with Gasteiger partial charge in [0.05, 0.1) is 21.7 Å². The van der Waals surface area contributed by atoms with Crippen LogP contribution in [-0.4, -0.2) is 46.2 Å². The van der Waals surface area contributed by atoms with Crippen LogP contribution in [0.1, 0.15) is 5.56 Å². The van der Waals surface area contributed by atoms with E-state index in [0.717, 1.165) is 17.7 Å². The van der Waals surface area contributed by atoms with Gasteiger partial charge in [-0.25, -0.2) is 21.2 Å². The van der Waals surface area contributed by atoms with E-state index < -0.39 is 42.5 Å². The van der Waals surface area contributed by atoms with Crippen molar-refractivity contribution in [2.24, 2.45) is 0 Å². The van der Waals surface area contributed by atoms with Crippen LogP contribution in [0.5, 0.6) is 0 Å². The first-order chi connectivity index (χ1) is 12.3. The van der Waals surface area contributed by atoms with E-state index in [1.807, 2.05) is 30.3 Å². The summed E-state index contributed by atoms with van der Waals surface area (Å²) in [7, 11) is -7.33. The second-order valence-corrected chi connectivity index (χ2v) is 10.7. The molecule has 0 aromatic heterocycles. The first kappa shape index (κ1) is 19.0. The minimum atomic E-state index is -3.88. The molecule has 1 fully saturated rings. The number of sulfone groups is 2. The summed E-state index contributed by atoms with van der Waals surface area (Å²) in [5.41, 5.74) is 1.08. The molecule has 0 saturated carbocycles. The zero-order valence-corrected chi connectivity index (χ0v) is 15.6. The Labute approximate surface area is 153 Å². The van der Waals surface area contributed by atoms with Gasteiger partial charge in [-0.05, 0) is 42.8 Å². The van der Waals surface area contributed by atoms with Crippen molar-refractivity contribution in [2.45, 2.75) is 22.6 Å². The minimum Gasteiger partial charge on any atom is -0.311 e. The topological polar surface area (TPSA) is 80.3 Å². The summed E-state index contributed by atoms with van der Waals surface area (Å²) < 4.78 is 62.9. The second-order valence-electron chi connectivity index (χ2n) is 6.41. The van der Waals surface area contributed by atoms with Crippen molar-refractivity contribution in [3.63, 3.8) is 0 Å². The van der Waals surface area contributed by atoms with Gasteiger partial charge in [0.1, 0.15) is 5.82 Å². The average molecular weight is 397 g/mol. The summed E-state index contributed by atoms with van der Waals surface area (Å²) in [6.07, 6.45) is 0.667. The number of benzene rings is 2. The van der Waals surface area contributed by atoms with Crippen LogP contribution in [0.15, 0.2) is 59.5 Å². The molecule has 2 unspecified atom stereocenters. The Morgan fingerprint density at radius 1 is 1.00 bits per heavy atom. The van der Waals surface area contributed by atoms with E-state index in [4.69, 9.17) is 0 Å². The minimum absolute atomic E-state index is 0.0594. The van der Waals surface area contributed by atoms with E-state index in [2.05, 4.69) is 5.32 Å². The quantitative estimate of drug-likeness (QED) is 0.749. The van der Waals surface area contributed by atoms with Crippen LogP contribution < -0.4 is 5.32 Å². The first-order valence-electron chi connectivity index (χ1n) is 8.25. The summed E-state index contributed by atoms with van der Waals surface area (Å²) in [5, 5.41) is 2.02. The molecule has 1 aliphatic heterocycles. The molecule has 2 aromatic carbocycles. The van der Waals surface area contributed by atoms with Crippen LogP contribution in [0, 0.1) is 5.82 Å². The molecule has 2 atom stereocenters. The Kier molecular flexibility index (Phi) is 5.45. The van der Waals surface area contributed by atoms with Crippen LogP contribution in [0.3, 0.4) is 0 Å². The van der Waals surface area contributed by atoms with Gasteiger partial charge in [-0.2, -0.15) is 0 Å². The Morgan fingerprint density at radius 2 is 1.65 bits per heavy atom. The van der Waals surface area contributed by atoms with Crippen molar-refractivity contribution in [1.82, 2.24) is 5.32 Å². The molecule has 1 N–H and O–H groups in total. The summed E-state index contributed by atoms with van der Waals surface area (Å²) in [6.45, 7) is 0.472. The second kappa shape index (κ2) is 7.46. The fourth-order valence-corrected chi connectivity index (χ4v) is 7.87. The Hall–Kier alpha value is -1.77. The maximum absolute atomic E-state index is 13.1. The third-order valence-corrected chi connectivity index (χ3v) is 8.67. The molecular weight excluding hydrogens is 377 g/mol. The maximum atomic E-state index is 13.1. The number of rotatable bonds is 6. The van der Waals surface area contributed by atoms with Gasteiger partial charge in [0.2, 0.25) is 0 Å². The maximum Gasteiger partial charge on any atom is 0.183 e. The lowest BCUT2D eigenvalue weighted by atomic mass is 10.1. The zero-order valence-electron chi connectivity index (χ0n) is 14.0. The molecule has 140 valence electrons. The monoisotopic (exact) mass is 397 g/mol. The van der Waals surface area contributed by atoms with Crippen LogP contribution in [-0.2, 0) is 26.1 Å². The highest BCUT2D eigenvalue weighted by atomic mass is 32.2. The summed E-state index contributed by atoms with van der Waals surface area (Å²) in [6, 6.07) is 13.5. The van der Waals surface area contributed by atoms with Gasteiger partial charge in [-0.15, -0.1) is 0 Å². The summed E-state index contributed by atoms with van der Waals surface area (Å²) in [4.78, 5) is -0.0594. The third-order valence-electron chi connectivity index (χ3n) is 4.50. The summed E-state index contributed by atoms with van der Waals surface area (Å²) in [5.74, 6) is -1.18. The number of halogens is 1. The highest BCUT2D eigenvalue weighted by Crippen LogP contribution is 2.26. The highest BCUT2D eigenvalue weighted by Gasteiger charge is 2.45. The Balaban J connectivity index is 1.76. The fraction of sp³-hybridized carbons (Fsp3) is 0.333. The SMILES string of the molecule is O=S1(=O)CC(NCCc2ccccc2)C(S(=O)(=O)c2ccc(F)cc2)C1. The molecule has 1 saturated heterocycles. The van der Waals surface area contributed by atoms with E-state index in [-0.39, 0.29) is 10.6 Å². The molecular formula is C18H20FNO4S2. The average Bonchev–Trinajstić information content (AvgIpc) is 2.92. The van der Waals surface area contributed by atoms with Crippen LogP contribution in [0.25, 0.3) is 0 Å². The van der Waals surface area contributed by atoms with Gasteiger partial charge < -0.3 is 5.32 Å². The number of hydrogen-bond donors (Lipinski definition) is 1. The van der Waals surface area contributed by atoms with E-state index in [1.54, 1.807) is 0 Å². The van der Waals surface area contributed by atoms with Crippen molar-refractivity contribution in [3.05, 3.63) is 66.0 Å². The number of nitrogens with one attached hydrogen (secondary N) is 1. The zero-order chi connectivity index (χ0) is 18.8. The molecule has 0 radical (unpaired) electrons. The van der Waals surface area contributed by atoms with E-state index in [9.17, 15) is 21.2 Å². The van der Waals surface area contributed by atoms with Crippen LogP contribution in [0.4, 0.5) is 4.39 Å². The van der Waals surface area contributed by atoms with Gasteiger partial charge in [0.15, 0.2) is 19.7 Å². The lowest BCUT2D eigenvalue weighted by molar-refractivity contribution is 0.528. The molecule has 5 nitrogen and oxygen atoms in total. The standard InChI is InChI=1S/C18H20FNO4S2/c19-15-6-8-16(9-7-15)26(23,24)18-13-25(21,22)12-17(18)20-11-10-14-4-2-1-3-5-14/h1-9,17-18,20H,10-13H2. The summed E-state index contributed by atoms with van der Waals surface area (Å²) >= 11 is 0. The lowest BCUT2D eigenvalue weighted by Gasteiger charge is -2.20. The predicted molar refractivity (Wildman–Crippen MR) is 98.0 cm³/mol. The van der Waals surface area contributed by atoms with Crippen LogP contribution >= 0.6 is 0 Å². The van der Waals surface area contributed by atoms with Gasteiger partial charge in [-0.3, -0.25) is 0 Å². The van der Waals surface area contributed by atoms with Gasteiger partial charge in [-0.1, -0.05) is 30.3 Å². The molecule has 1 aliphatic rings. The molecule has 0 bridgehead atoms. The highest BCUT2D eigenvalue weighted by molar-refractivity contribution is 7.96. The predicted octanol–water partition coefficient (Wildman–Crippen LogP) is 1.60. The smallest absolute Gasteiger partial charge is 0.183 e. The van der Waals surface area contributed by atoms with Crippen LogP contribution in [0.2, 0.25) is 0 Å². The van der Waals surface area contributed by atoms with Crippen molar-refractivity contribution >= 4 is 19.7 Å². The molecule has 2 aromatic rings. The Morgan fingerprint density at radius 3 is 2.31 bits per heavy atom. The molecule has 0 amide bonds. The molecule has 8 heteroatoms. The third kappa shape index (κ3) is 4.31. The molecule has 26 heavy (non-hydrogen) atoms. The van der Waals surface area contributed by atoms with E-state index in [0.29, 0.717) is 13.0 Å². The van der Waals surface area contributed by atoms with Crippen molar-refractivity contribution in [2.75, 3.05) is 18.1 Å². The van der Waals surface area contributed by atoms with E-state index >= 15 is 0 Å². The van der Waals surface area contributed by atoms with Crippen molar-refractivity contribution in [3.8, 4) is 0 Å². The van der Waals surface area contributed by atoms with Gasteiger partial charge >= 0.3 is 0 Å². The fourth-order valence-electron chi connectivity index (χ4n) is 3.16. The lowest BCUT2D eigenvalue weighted by Crippen LogP contribution is -2.44. The van der Waals surface area contributed by atoms with Crippen molar-refractivity contribution < 1.29 is 21.2 Å². The van der Waals surface area contributed by atoms with Gasteiger partial charge in [0, 0.05) is 6.04 Å². The molecule has 0 aliphatic carbocycles. The van der Waals surface area contributed by atoms with Crippen molar-refractivity contribution in [1.29, 1.82) is 0 Å².